The number of nitrogens with zero attached hydrogens (tertiary/aromatic N) is 2. The molecule has 3 heterocycles. The third-order valence-corrected chi connectivity index (χ3v) is 15.8. The lowest BCUT2D eigenvalue weighted by Crippen LogP contribution is -2.64. The molecule has 42 heavy (non-hydrogen) atoms. The highest BCUT2D eigenvalue weighted by Gasteiger charge is 2.47. The number of likely N-dealkylation sites (tertiary alicyclic amines) is 1. The predicted octanol–water partition coefficient (Wildman–Crippen LogP) is 7.05. The summed E-state index contributed by atoms with van der Waals surface area (Å²) in [5.41, 5.74) is 3.79. The van der Waals surface area contributed by atoms with Gasteiger partial charge in [0.1, 0.15) is 0 Å². The fraction of sp³-hybridized carbons (Fsp3) is 0.586. The predicted molar refractivity (Wildman–Crippen MR) is 168 cm³/mol. The lowest BCUT2D eigenvalue weighted by Gasteiger charge is -2.42. The van der Waals surface area contributed by atoms with Crippen LogP contribution in [0.1, 0.15) is 76.0 Å². The van der Waals surface area contributed by atoms with Crippen LogP contribution in [0.2, 0.25) is 16.6 Å². The number of benzene rings is 1. The molecule has 2 amide bonds. The van der Waals surface area contributed by atoms with Crippen LogP contribution in [0.25, 0.3) is 0 Å². The molecule has 1 aromatic carbocycles. The van der Waals surface area contributed by atoms with Crippen molar-refractivity contribution in [2.75, 3.05) is 23.7 Å². The molecule has 0 aliphatic carbocycles. The van der Waals surface area contributed by atoms with E-state index in [1.165, 1.54) is 16.3 Å². The topological polar surface area (TPSA) is 146 Å². The van der Waals surface area contributed by atoms with Gasteiger partial charge >= 0.3 is 6.09 Å². The Hall–Kier alpha value is -3.16. The van der Waals surface area contributed by atoms with Gasteiger partial charge < -0.3 is 30.4 Å². The molecule has 2 aliphatic heterocycles. The van der Waals surface area contributed by atoms with E-state index in [1.54, 1.807) is 0 Å². The Morgan fingerprint density at radius 1 is 1.14 bits per heavy atom. The first-order chi connectivity index (χ1) is 19.8. The van der Waals surface area contributed by atoms with Crippen LogP contribution in [-0.4, -0.2) is 54.1 Å². The summed E-state index contributed by atoms with van der Waals surface area (Å²) in [6.45, 7) is 14.7. The number of hydrogen-bond acceptors (Lipinski definition) is 8. The van der Waals surface area contributed by atoms with Crippen LogP contribution in [0.15, 0.2) is 29.6 Å². The minimum Gasteiger partial charge on any atom is -0.465 e. The SMILES string of the molecule is CC(C)[Si](OCc1ccc2c(c1)NC(NC(=O)c1cc([N+](=O)[O-])cs1)([C@@H]1CCCCN(C(=O)O)C1)N2)(C(C)C)C(C)C. The highest BCUT2D eigenvalue weighted by Crippen LogP contribution is 2.44. The fourth-order valence-electron chi connectivity index (χ4n) is 6.88. The van der Waals surface area contributed by atoms with Gasteiger partial charge in [0.05, 0.1) is 33.2 Å². The summed E-state index contributed by atoms with van der Waals surface area (Å²) in [5, 5.41) is 32.4. The molecule has 230 valence electrons. The molecule has 13 heteroatoms. The van der Waals surface area contributed by atoms with Crippen LogP contribution in [0.3, 0.4) is 0 Å². The van der Waals surface area contributed by atoms with Crippen molar-refractivity contribution >= 4 is 48.7 Å². The van der Waals surface area contributed by atoms with Gasteiger partial charge in [-0.25, -0.2) is 4.79 Å². The molecule has 11 nitrogen and oxygen atoms in total. The summed E-state index contributed by atoms with van der Waals surface area (Å²) in [5.74, 6) is -1.98. The Kier molecular flexibility index (Phi) is 9.53. The molecular weight excluding hydrogens is 575 g/mol. The summed E-state index contributed by atoms with van der Waals surface area (Å²) >= 11 is 1.000. The first kappa shape index (κ1) is 31.8. The molecule has 2 aliphatic rings. The normalized spacial score (nSPS) is 20.7. The number of nitro groups is 1. The smallest absolute Gasteiger partial charge is 0.407 e. The van der Waals surface area contributed by atoms with Crippen LogP contribution in [0, 0.1) is 16.0 Å². The van der Waals surface area contributed by atoms with Gasteiger partial charge in [0.25, 0.3) is 11.6 Å². The third-order valence-electron chi connectivity index (χ3n) is 8.83. The summed E-state index contributed by atoms with van der Waals surface area (Å²) < 4.78 is 6.82. The summed E-state index contributed by atoms with van der Waals surface area (Å²) in [7, 11) is -2.08. The van der Waals surface area contributed by atoms with E-state index in [4.69, 9.17) is 4.43 Å². The van der Waals surface area contributed by atoms with Crippen molar-refractivity contribution in [1.82, 2.24) is 10.2 Å². The molecule has 1 saturated heterocycles. The van der Waals surface area contributed by atoms with Crippen molar-refractivity contribution in [3.05, 3.63) is 50.2 Å². The lowest BCUT2D eigenvalue weighted by molar-refractivity contribution is -0.384. The first-order valence-electron chi connectivity index (χ1n) is 14.7. The lowest BCUT2D eigenvalue weighted by atomic mass is 9.94. The molecule has 2 atom stereocenters. The van der Waals surface area contributed by atoms with E-state index in [0.29, 0.717) is 36.2 Å². The van der Waals surface area contributed by atoms with E-state index in [1.807, 2.05) is 18.2 Å². The molecule has 2 aromatic rings. The van der Waals surface area contributed by atoms with E-state index in [-0.39, 0.29) is 23.0 Å². The maximum atomic E-state index is 13.5. The van der Waals surface area contributed by atoms with Crippen LogP contribution in [0.4, 0.5) is 21.9 Å². The van der Waals surface area contributed by atoms with Gasteiger partial charge in [-0.1, -0.05) is 54.0 Å². The van der Waals surface area contributed by atoms with Crippen LogP contribution < -0.4 is 16.0 Å². The van der Waals surface area contributed by atoms with Gasteiger partial charge in [0.2, 0.25) is 8.32 Å². The number of thiophene rings is 1. The van der Waals surface area contributed by atoms with Crippen LogP contribution >= 0.6 is 11.3 Å². The van der Waals surface area contributed by atoms with Gasteiger partial charge in [-0.3, -0.25) is 14.9 Å². The van der Waals surface area contributed by atoms with E-state index < -0.39 is 31.0 Å². The number of amides is 2. The largest absolute Gasteiger partial charge is 0.465 e. The van der Waals surface area contributed by atoms with Crippen molar-refractivity contribution in [3.8, 4) is 0 Å². The third kappa shape index (κ3) is 6.27. The fourth-order valence-corrected chi connectivity index (χ4v) is 13.0. The molecule has 0 spiro atoms. The maximum Gasteiger partial charge on any atom is 0.407 e. The number of hydrogen-bond donors (Lipinski definition) is 4. The first-order valence-corrected chi connectivity index (χ1v) is 17.7. The standard InChI is InChI=1S/C29H43N5O6SSi/c1-18(2)42(19(3)4,20(5)6)40-16-21-10-11-24-25(13-21)31-29(30-24,22-9-7-8-12-33(15-22)28(36)37)32-27(35)26-14-23(17-41-26)34(38)39/h10-11,13-14,17-20,22,30-31H,7-9,12,15-16H2,1-6H3,(H,32,35)(H,36,37)/t22-,29?/m1/s1. The van der Waals surface area contributed by atoms with Crippen molar-refractivity contribution in [2.24, 2.45) is 5.92 Å². The number of carbonyl (C=O) groups is 2. The van der Waals surface area contributed by atoms with Gasteiger partial charge in [-0.2, -0.15) is 0 Å². The zero-order valence-electron chi connectivity index (χ0n) is 25.2. The summed E-state index contributed by atoms with van der Waals surface area (Å²) in [6.07, 6.45) is 1.19. The summed E-state index contributed by atoms with van der Waals surface area (Å²) in [4.78, 5) is 37.7. The second-order valence-electron chi connectivity index (χ2n) is 12.3. The quantitative estimate of drug-likeness (QED) is 0.126. The van der Waals surface area contributed by atoms with Crippen molar-refractivity contribution < 1.29 is 24.0 Å². The average Bonchev–Trinajstić information content (AvgIpc) is 3.46. The van der Waals surface area contributed by atoms with E-state index >= 15 is 0 Å². The van der Waals surface area contributed by atoms with Crippen molar-refractivity contribution in [1.29, 1.82) is 0 Å². The number of anilines is 2. The average molecular weight is 618 g/mol. The Balaban J connectivity index is 1.63. The molecular formula is C29H43N5O6SSi. The zero-order valence-corrected chi connectivity index (χ0v) is 27.0. The Labute approximate surface area is 252 Å². The number of nitrogens with one attached hydrogen (secondary N) is 3. The Morgan fingerprint density at radius 2 is 1.81 bits per heavy atom. The van der Waals surface area contributed by atoms with Crippen LogP contribution in [-0.2, 0) is 11.0 Å². The maximum absolute atomic E-state index is 13.5. The second kappa shape index (κ2) is 12.6. The minimum absolute atomic E-state index is 0.144. The van der Waals surface area contributed by atoms with Crippen LogP contribution in [0.5, 0.6) is 0 Å². The summed E-state index contributed by atoms with van der Waals surface area (Å²) in [6, 6.07) is 7.26. The number of carboxylic acid groups (broad SMARTS) is 1. The zero-order chi connectivity index (χ0) is 30.8. The minimum atomic E-state index is -2.08. The van der Waals surface area contributed by atoms with E-state index in [9.17, 15) is 24.8 Å². The molecule has 0 bridgehead atoms. The van der Waals surface area contributed by atoms with Gasteiger partial charge in [0, 0.05) is 25.1 Å². The van der Waals surface area contributed by atoms with Crippen molar-refractivity contribution in [3.63, 3.8) is 0 Å². The second-order valence-corrected chi connectivity index (χ2v) is 18.7. The van der Waals surface area contributed by atoms with Gasteiger partial charge in [0.15, 0.2) is 5.79 Å². The Morgan fingerprint density at radius 3 is 2.40 bits per heavy atom. The molecule has 1 aromatic heterocycles. The number of rotatable bonds is 10. The van der Waals surface area contributed by atoms with Crippen molar-refractivity contribution in [2.45, 2.75) is 89.8 Å². The monoisotopic (exact) mass is 617 g/mol. The molecule has 4 N–H and O–H groups in total. The highest BCUT2D eigenvalue weighted by molar-refractivity contribution is 7.12. The van der Waals surface area contributed by atoms with Gasteiger partial charge in [-0.05, 0) is 47.2 Å². The molecule has 1 unspecified atom stereocenters. The molecule has 0 radical (unpaired) electrons. The molecule has 4 rings (SSSR count). The van der Waals surface area contributed by atoms with Gasteiger partial charge in [-0.15, -0.1) is 11.3 Å². The molecule has 1 fully saturated rings. The highest BCUT2D eigenvalue weighted by atomic mass is 32.1. The number of fused-ring (bicyclic) bond motifs is 1. The van der Waals surface area contributed by atoms with E-state index in [0.717, 1.165) is 41.1 Å². The molecule has 0 saturated carbocycles. The number of carbonyl (C=O) groups excluding carboxylic acids is 1. The Bertz CT molecular complexity index is 1300. The van der Waals surface area contributed by atoms with E-state index in [2.05, 4.69) is 57.5 Å².